The van der Waals surface area contributed by atoms with Crippen LogP contribution >= 0.6 is 11.3 Å². The summed E-state index contributed by atoms with van der Waals surface area (Å²) < 4.78 is 27.9. The van der Waals surface area contributed by atoms with E-state index in [9.17, 15) is 8.42 Å². The van der Waals surface area contributed by atoms with Gasteiger partial charge < -0.3 is 5.32 Å². The van der Waals surface area contributed by atoms with Crippen molar-refractivity contribution >= 4 is 26.5 Å². The maximum atomic E-state index is 13.1. The van der Waals surface area contributed by atoms with Gasteiger partial charge in [-0.2, -0.15) is 4.31 Å². The van der Waals surface area contributed by atoms with Crippen LogP contribution in [0.1, 0.15) is 29.5 Å². The second-order valence-corrected chi connectivity index (χ2v) is 11.2. The summed E-state index contributed by atoms with van der Waals surface area (Å²) in [6, 6.07) is 14.9. The largest absolute Gasteiger partial charge is 0.361 e. The van der Waals surface area contributed by atoms with E-state index in [0.29, 0.717) is 23.9 Å². The molecule has 4 rings (SSSR count). The Balaban J connectivity index is 1.33. The van der Waals surface area contributed by atoms with Crippen molar-refractivity contribution < 1.29 is 8.42 Å². The van der Waals surface area contributed by atoms with Crippen LogP contribution in [-0.2, 0) is 10.0 Å². The maximum Gasteiger partial charge on any atom is 0.243 e. The average molecular weight is 455 g/mol. The summed E-state index contributed by atoms with van der Waals surface area (Å²) in [6.45, 7) is 7.76. The van der Waals surface area contributed by atoms with Gasteiger partial charge >= 0.3 is 0 Å². The van der Waals surface area contributed by atoms with E-state index in [1.807, 2.05) is 45.2 Å². The summed E-state index contributed by atoms with van der Waals surface area (Å²) in [7, 11) is -3.44. The number of anilines is 1. The minimum Gasteiger partial charge on any atom is -0.361 e. The fourth-order valence-corrected chi connectivity index (χ4v) is 6.54. The predicted octanol–water partition coefficient (Wildman–Crippen LogP) is 5.05. The highest BCUT2D eigenvalue weighted by Gasteiger charge is 2.30. The Hall–Kier alpha value is -2.22. The number of nitrogens with one attached hydrogen (secondary N) is 1. The monoisotopic (exact) mass is 454 g/mol. The van der Waals surface area contributed by atoms with Crippen molar-refractivity contribution in [2.75, 3.05) is 25.0 Å². The van der Waals surface area contributed by atoms with Gasteiger partial charge in [0.15, 0.2) is 5.13 Å². The van der Waals surface area contributed by atoms with Crippen molar-refractivity contribution in [3.8, 4) is 10.4 Å². The highest BCUT2D eigenvalue weighted by Crippen LogP contribution is 2.30. The first-order valence-electron chi connectivity index (χ1n) is 10.6. The number of hydrogen-bond donors (Lipinski definition) is 1. The Bertz CT molecular complexity index is 1160. The van der Waals surface area contributed by atoms with E-state index in [-0.39, 0.29) is 0 Å². The molecular formula is C24H28N3O2S2. The lowest BCUT2D eigenvalue weighted by atomic mass is 9.98. The maximum absolute atomic E-state index is 13.1. The average Bonchev–Trinajstić information content (AvgIpc) is 3.23. The van der Waals surface area contributed by atoms with Crippen LogP contribution < -0.4 is 5.32 Å². The second-order valence-electron chi connectivity index (χ2n) is 8.29. The normalized spacial score (nSPS) is 15.8. The molecule has 1 radical (unpaired) electrons. The number of aryl methyl sites for hydroxylation is 3. The molecule has 0 bridgehead atoms. The first-order chi connectivity index (χ1) is 14.8. The molecule has 7 heteroatoms. The highest BCUT2D eigenvalue weighted by atomic mass is 32.2. The molecule has 1 fully saturated rings. The van der Waals surface area contributed by atoms with Crippen molar-refractivity contribution in [1.82, 2.24) is 9.29 Å². The number of thiazole rings is 1. The third kappa shape index (κ3) is 5.00. The van der Waals surface area contributed by atoms with Crippen LogP contribution in [0.25, 0.3) is 10.4 Å². The summed E-state index contributed by atoms with van der Waals surface area (Å²) in [5, 5.41) is 4.36. The molecule has 1 N–H and O–H groups in total. The van der Waals surface area contributed by atoms with E-state index >= 15 is 0 Å². The molecule has 0 saturated carbocycles. The minimum atomic E-state index is -3.44. The van der Waals surface area contributed by atoms with Crippen molar-refractivity contribution in [3.05, 3.63) is 65.4 Å². The van der Waals surface area contributed by atoms with Crippen LogP contribution in [0.2, 0.25) is 0 Å². The summed E-state index contributed by atoms with van der Waals surface area (Å²) in [6.07, 6.45) is 3.60. The van der Waals surface area contributed by atoms with E-state index < -0.39 is 10.0 Å². The molecule has 1 saturated heterocycles. The van der Waals surface area contributed by atoms with Crippen LogP contribution in [-0.4, -0.2) is 37.3 Å². The summed E-state index contributed by atoms with van der Waals surface area (Å²) in [5.74, 6) is 0.436. The third-order valence-electron chi connectivity index (χ3n) is 5.81. The van der Waals surface area contributed by atoms with Gasteiger partial charge in [-0.15, -0.1) is 0 Å². The zero-order valence-corrected chi connectivity index (χ0v) is 19.8. The number of rotatable bonds is 6. The molecule has 2 heterocycles. The van der Waals surface area contributed by atoms with Gasteiger partial charge in [0.1, 0.15) is 0 Å². The number of sulfonamides is 1. The van der Waals surface area contributed by atoms with Crippen LogP contribution in [0.5, 0.6) is 0 Å². The molecule has 1 aliphatic heterocycles. The van der Waals surface area contributed by atoms with Crippen molar-refractivity contribution in [3.63, 3.8) is 0 Å². The summed E-state index contributed by atoms with van der Waals surface area (Å²) in [4.78, 5) is 6.08. The molecular weight excluding hydrogens is 426 g/mol. The molecule has 0 atom stereocenters. The van der Waals surface area contributed by atoms with Crippen molar-refractivity contribution in [2.24, 2.45) is 5.92 Å². The fraction of sp³-hybridized carbons (Fsp3) is 0.375. The fourth-order valence-electron chi connectivity index (χ4n) is 3.94. The van der Waals surface area contributed by atoms with Crippen LogP contribution in [0.15, 0.2) is 47.5 Å². The molecule has 0 amide bonds. The van der Waals surface area contributed by atoms with Gasteiger partial charge in [0.2, 0.25) is 10.0 Å². The highest BCUT2D eigenvalue weighted by molar-refractivity contribution is 7.89. The number of benzene rings is 2. The van der Waals surface area contributed by atoms with Gasteiger partial charge in [0.05, 0.1) is 9.77 Å². The van der Waals surface area contributed by atoms with E-state index in [1.165, 1.54) is 0 Å². The molecule has 0 spiro atoms. The first kappa shape index (κ1) is 22.0. The molecule has 163 valence electrons. The second kappa shape index (κ2) is 9.10. The molecule has 3 aromatic rings. The quantitative estimate of drug-likeness (QED) is 0.566. The predicted molar refractivity (Wildman–Crippen MR) is 127 cm³/mol. The molecule has 0 aliphatic carbocycles. The Labute approximate surface area is 189 Å². The minimum absolute atomic E-state index is 0.436. The lowest BCUT2D eigenvalue weighted by Crippen LogP contribution is -2.40. The molecule has 5 nitrogen and oxygen atoms in total. The Kier molecular flexibility index (Phi) is 6.46. The van der Waals surface area contributed by atoms with Crippen LogP contribution in [0, 0.1) is 32.8 Å². The summed E-state index contributed by atoms with van der Waals surface area (Å²) in [5.41, 5.74) is 4.05. The molecule has 31 heavy (non-hydrogen) atoms. The van der Waals surface area contributed by atoms with Gasteiger partial charge in [-0.05, 0) is 80.0 Å². The SMILES string of the molecule is Cc1[c]ccc(-c2cnc(NCC3CCN(S(=O)(=O)c4cc(C)ccc4C)CC3)s2)c1. The molecule has 1 aliphatic rings. The van der Waals surface area contributed by atoms with Crippen molar-refractivity contribution in [1.29, 1.82) is 0 Å². The van der Waals surface area contributed by atoms with Gasteiger partial charge in [0.25, 0.3) is 0 Å². The van der Waals surface area contributed by atoms with E-state index in [1.54, 1.807) is 21.7 Å². The smallest absolute Gasteiger partial charge is 0.243 e. The van der Waals surface area contributed by atoms with Crippen LogP contribution in [0.4, 0.5) is 5.13 Å². The lowest BCUT2D eigenvalue weighted by molar-refractivity contribution is 0.282. The first-order valence-corrected chi connectivity index (χ1v) is 12.8. The lowest BCUT2D eigenvalue weighted by Gasteiger charge is -2.31. The van der Waals surface area contributed by atoms with Gasteiger partial charge in [-0.25, -0.2) is 13.4 Å². The number of hydrogen-bond acceptors (Lipinski definition) is 5. The van der Waals surface area contributed by atoms with E-state index in [4.69, 9.17) is 0 Å². The number of nitrogens with zero attached hydrogens (tertiary/aromatic N) is 2. The standard InChI is InChI=1S/C24H28N3O2S2/c1-17-5-4-6-21(13-17)22-16-26-24(30-22)25-15-20-9-11-27(12-10-20)31(28,29)23-14-18(2)7-8-19(23)3/h4,6-8,13-14,16,20H,9-12,15H2,1-3H3,(H,25,26). The van der Waals surface area contributed by atoms with E-state index in [0.717, 1.165) is 51.6 Å². The zero-order valence-electron chi connectivity index (χ0n) is 18.2. The van der Waals surface area contributed by atoms with Crippen LogP contribution in [0.3, 0.4) is 0 Å². The Morgan fingerprint density at radius 1 is 1.16 bits per heavy atom. The topological polar surface area (TPSA) is 62.3 Å². The third-order valence-corrected chi connectivity index (χ3v) is 8.86. The molecule has 1 aromatic heterocycles. The summed E-state index contributed by atoms with van der Waals surface area (Å²) >= 11 is 1.65. The number of piperidine rings is 1. The molecule has 0 unspecified atom stereocenters. The van der Waals surface area contributed by atoms with Gasteiger partial charge in [-0.3, -0.25) is 0 Å². The molecule has 2 aromatic carbocycles. The van der Waals surface area contributed by atoms with Gasteiger partial charge in [0, 0.05) is 25.8 Å². The Morgan fingerprint density at radius 2 is 1.94 bits per heavy atom. The van der Waals surface area contributed by atoms with Gasteiger partial charge in [-0.1, -0.05) is 35.6 Å². The zero-order chi connectivity index (χ0) is 22.0. The Morgan fingerprint density at radius 3 is 2.68 bits per heavy atom. The van der Waals surface area contributed by atoms with E-state index in [2.05, 4.69) is 28.5 Å². The van der Waals surface area contributed by atoms with Crippen molar-refractivity contribution in [2.45, 2.75) is 38.5 Å². The number of aromatic nitrogens is 1.